The number of fused-ring (bicyclic) bond motifs is 1. The number of benzene rings is 1. The van der Waals surface area contributed by atoms with Crippen molar-refractivity contribution in [1.29, 1.82) is 0 Å². The van der Waals surface area contributed by atoms with Crippen molar-refractivity contribution in [3.05, 3.63) is 41.5 Å². The number of aryl methyl sites for hydroxylation is 1. The number of anilines is 1. The molecule has 0 saturated carbocycles. The van der Waals surface area contributed by atoms with Gasteiger partial charge in [-0.3, -0.25) is 4.79 Å². The first-order chi connectivity index (χ1) is 13.4. The van der Waals surface area contributed by atoms with E-state index in [4.69, 9.17) is 0 Å². The molecule has 0 aliphatic carbocycles. The fourth-order valence-electron chi connectivity index (χ4n) is 3.71. The summed E-state index contributed by atoms with van der Waals surface area (Å²) in [4.78, 5) is 19.9. The number of aromatic amines is 1. The number of nitrogens with one attached hydrogen (secondary N) is 3. The van der Waals surface area contributed by atoms with Crippen molar-refractivity contribution in [2.45, 2.75) is 31.2 Å². The van der Waals surface area contributed by atoms with Crippen molar-refractivity contribution < 1.29 is 13.2 Å². The average molecular weight is 401 g/mol. The Morgan fingerprint density at radius 1 is 1.32 bits per heavy atom. The topological polar surface area (TPSA) is 107 Å². The summed E-state index contributed by atoms with van der Waals surface area (Å²) in [7, 11) is -3.77. The summed E-state index contributed by atoms with van der Waals surface area (Å²) < 4.78 is 28.6. The van der Waals surface area contributed by atoms with E-state index < -0.39 is 10.0 Å². The van der Waals surface area contributed by atoms with Gasteiger partial charge in [0.1, 0.15) is 5.82 Å². The molecule has 0 radical (unpaired) electrons. The average Bonchev–Trinajstić information content (AvgIpc) is 3.11. The lowest BCUT2D eigenvalue weighted by molar-refractivity contribution is -0.110. The molecular weight excluding hydrogens is 378 g/mol. The summed E-state index contributed by atoms with van der Waals surface area (Å²) in [5.74, 6) is 0.396. The zero-order valence-corrected chi connectivity index (χ0v) is 16.6. The number of hydrogen-bond acceptors (Lipinski definition) is 5. The molecule has 2 aliphatic heterocycles. The van der Waals surface area contributed by atoms with Crippen LogP contribution in [0.2, 0.25) is 0 Å². The number of rotatable bonds is 3. The summed E-state index contributed by atoms with van der Waals surface area (Å²) in [6.07, 6.45) is 4.01. The summed E-state index contributed by atoms with van der Waals surface area (Å²) >= 11 is 0. The predicted molar refractivity (Wildman–Crippen MR) is 107 cm³/mol. The highest BCUT2D eigenvalue weighted by Crippen LogP contribution is 2.39. The van der Waals surface area contributed by atoms with Crippen LogP contribution >= 0.6 is 0 Å². The molecule has 4 rings (SSSR count). The lowest BCUT2D eigenvalue weighted by Gasteiger charge is -2.26. The summed E-state index contributed by atoms with van der Waals surface area (Å²) in [6.45, 7) is 5.54. The number of hydrogen-bond donors (Lipinski definition) is 3. The van der Waals surface area contributed by atoms with Gasteiger partial charge in [0.25, 0.3) is 5.91 Å². The number of carbonyl (C=O) groups is 1. The summed E-state index contributed by atoms with van der Waals surface area (Å²) in [5, 5.41) is 6.04. The van der Waals surface area contributed by atoms with Gasteiger partial charge in [0.2, 0.25) is 10.0 Å². The van der Waals surface area contributed by atoms with E-state index in [0.29, 0.717) is 35.6 Å². The Morgan fingerprint density at radius 2 is 2.14 bits per heavy atom. The molecule has 1 fully saturated rings. The standard InChI is InChI=1S/C19H23N5O3S/c1-12-10-20-7-4-8-24(12)28(26,27)17-6-3-5-16-18(17)15(19(25)23-16)9-14-11-21-13(2)22-14/h3,5-6,9,11-12,20H,4,7-8,10H2,1-2H3,(H,21,22)(H,23,25). The van der Waals surface area contributed by atoms with Crippen molar-refractivity contribution in [2.75, 3.05) is 25.0 Å². The first kappa shape index (κ1) is 18.9. The van der Waals surface area contributed by atoms with Crippen LogP contribution in [0.4, 0.5) is 5.69 Å². The van der Waals surface area contributed by atoms with Crippen LogP contribution < -0.4 is 10.6 Å². The van der Waals surface area contributed by atoms with E-state index in [1.807, 2.05) is 13.8 Å². The highest BCUT2D eigenvalue weighted by atomic mass is 32.2. The van der Waals surface area contributed by atoms with Crippen LogP contribution in [0.25, 0.3) is 11.6 Å². The van der Waals surface area contributed by atoms with Crippen LogP contribution in [0.1, 0.15) is 30.4 Å². The van der Waals surface area contributed by atoms with Gasteiger partial charge in [-0.1, -0.05) is 6.07 Å². The van der Waals surface area contributed by atoms with E-state index in [0.717, 1.165) is 18.8 Å². The molecule has 1 saturated heterocycles. The van der Waals surface area contributed by atoms with Gasteiger partial charge in [-0.25, -0.2) is 13.4 Å². The zero-order chi connectivity index (χ0) is 19.9. The van der Waals surface area contributed by atoms with Gasteiger partial charge in [-0.2, -0.15) is 4.31 Å². The maximum absolute atomic E-state index is 13.5. The molecule has 0 bridgehead atoms. The lowest BCUT2D eigenvalue weighted by atomic mass is 10.1. The molecule has 1 aromatic carbocycles. The summed E-state index contributed by atoms with van der Waals surface area (Å²) in [5.41, 5.74) is 1.90. The van der Waals surface area contributed by atoms with Crippen molar-refractivity contribution >= 4 is 33.3 Å². The van der Waals surface area contributed by atoms with Crippen LogP contribution in [0, 0.1) is 6.92 Å². The predicted octanol–water partition coefficient (Wildman–Crippen LogP) is 1.58. The van der Waals surface area contributed by atoms with Crippen molar-refractivity contribution in [3.63, 3.8) is 0 Å². The maximum atomic E-state index is 13.5. The monoisotopic (exact) mass is 401 g/mol. The van der Waals surface area contributed by atoms with E-state index >= 15 is 0 Å². The molecule has 9 heteroatoms. The smallest absolute Gasteiger partial charge is 0.256 e. The molecule has 8 nitrogen and oxygen atoms in total. The molecule has 1 atom stereocenters. The number of amides is 1. The molecule has 3 heterocycles. The minimum atomic E-state index is -3.77. The highest BCUT2D eigenvalue weighted by molar-refractivity contribution is 7.89. The van der Waals surface area contributed by atoms with Gasteiger partial charge >= 0.3 is 0 Å². The first-order valence-corrected chi connectivity index (χ1v) is 10.7. The first-order valence-electron chi connectivity index (χ1n) is 9.28. The van der Waals surface area contributed by atoms with E-state index in [9.17, 15) is 13.2 Å². The Morgan fingerprint density at radius 3 is 2.89 bits per heavy atom. The normalized spacial score (nSPS) is 22.1. The fourth-order valence-corrected chi connectivity index (χ4v) is 5.61. The fraction of sp³-hybridized carbons (Fsp3) is 0.368. The quantitative estimate of drug-likeness (QED) is 0.677. The van der Waals surface area contributed by atoms with Crippen LogP contribution in [0.5, 0.6) is 0 Å². The number of nitrogens with zero attached hydrogens (tertiary/aromatic N) is 2. The van der Waals surface area contributed by atoms with Gasteiger partial charge in [0.05, 0.1) is 28.0 Å². The molecule has 1 aromatic heterocycles. The second-order valence-corrected chi connectivity index (χ2v) is 9.00. The van der Waals surface area contributed by atoms with Crippen LogP contribution in [-0.4, -0.2) is 54.3 Å². The minimum Gasteiger partial charge on any atom is -0.343 e. The Labute approximate surface area is 164 Å². The number of carbonyl (C=O) groups excluding carboxylic acids is 1. The molecule has 0 spiro atoms. The number of sulfonamides is 1. The third kappa shape index (κ3) is 3.25. The Balaban J connectivity index is 1.84. The van der Waals surface area contributed by atoms with E-state index in [2.05, 4.69) is 20.6 Å². The van der Waals surface area contributed by atoms with E-state index in [1.165, 1.54) is 4.31 Å². The van der Waals surface area contributed by atoms with E-state index in [1.54, 1.807) is 30.5 Å². The van der Waals surface area contributed by atoms with Gasteiger partial charge in [-0.05, 0) is 45.0 Å². The SMILES string of the molecule is Cc1ncc(C=C2C(=O)Nc3cccc(S(=O)(=O)N4CCCNCC4C)c32)[nH]1. The Bertz CT molecular complexity index is 1060. The zero-order valence-electron chi connectivity index (χ0n) is 15.8. The number of aromatic nitrogens is 2. The second-order valence-electron chi connectivity index (χ2n) is 7.14. The van der Waals surface area contributed by atoms with E-state index in [-0.39, 0.29) is 16.8 Å². The van der Waals surface area contributed by atoms with Crippen molar-refractivity contribution in [1.82, 2.24) is 19.6 Å². The molecule has 2 aromatic rings. The van der Waals surface area contributed by atoms with Gasteiger partial charge in [-0.15, -0.1) is 0 Å². The number of imidazole rings is 1. The van der Waals surface area contributed by atoms with Crippen LogP contribution in [0.3, 0.4) is 0 Å². The van der Waals surface area contributed by atoms with Crippen LogP contribution in [0.15, 0.2) is 29.3 Å². The molecule has 28 heavy (non-hydrogen) atoms. The third-order valence-electron chi connectivity index (χ3n) is 5.06. The maximum Gasteiger partial charge on any atom is 0.256 e. The molecular formula is C19H23N5O3S. The van der Waals surface area contributed by atoms with Crippen molar-refractivity contribution in [2.24, 2.45) is 0 Å². The molecule has 1 amide bonds. The van der Waals surface area contributed by atoms with Gasteiger partial charge in [0.15, 0.2) is 0 Å². The second kappa shape index (κ2) is 7.16. The molecule has 148 valence electrons. The van der Waals surface area contributed by atoms with Crippen LogP contribution in [-0.2, 0) is 14.8 Å². The molecule has 1 unspecified atom stereocenters. The molecule has 3 N–H and O–H groups in total. The van der Waals surface area contributed by atoms with Gasteiger partial charge < -0.3 is 15.6 Å². The largest absolute Gasteiger partial charge is 0.343 e. The minimum absolute atomic E-state index is 0.152. The Hall–Kier alpha value is -2.49. The van der Waals surface area contributed by atoms with Gasteiger partial charge in [0, 0.05) is 24.7 Å². The Kier molecular flexibility index (Phi) is 4.82. The number of H-pyrrole nitrogens is 1. The lowest BCUT2D eigenvalue weighted by Crippen LogP contribution is -2.41. The molecule has 2 aliphatic rings. The van der Waals surface area contributed by atoms with Crippen molar-refractivity contribution in [3.8, 4) is 0 Å². The highest BCUT2D eigenvalue weighted by Gasteiger charge is 2.36. The summed E-state index contributed by atoms with van der Waals surface area (Å²) in [6, 6.07) is 4.79. The third-order valence-corrected chi connectivity index (χ3v) is 7.12.